The Balaban J connectivity index is 2.87. The maximum Gasteiger partial charge on any atom is 0.305 e. The van der Waals surface area contributed by atoms with Crippen molar-refractivity contribution >= 4 is 5.97 Å². The van der Waals surface area contributed by atoms with Crippen LogP contribution in [-0.2, 0) is 4.79 Å². The third-order valence-corrected chi connectivity index (χ3v) is 2.24. The number of hydrogen-bond donors (Lipinski definition) is 1. The standard InChI is InChI=1S/C10H15NO2/c1-7-4-5-8(2)11(7)9(3)6-10(12)13/h4-5,9H,6H2,1-3H3,(H,12,13). The van der Waals surface area contributed by atoms with E-state index >= 15 is 0 Å². The van der Waals surface area contributed by atoms with Crippen LogP contribution in [-0.4, -0.2) is 15.6 Å². The van der Waals surface area contributed by atoms with Gasteiger partial charge >= 0.3 is 5.97 Å². The molecule has 0 aliphatic heterocycles. The average Bonchev–Trinajstić information content (AvgIpc) is 2.29. The lowest BCUT2D eigenvalue weighted by atomic mass is 10.2. The summed E-state index contributed by atoms with van der Waals surface area (Å²) in [4.78, 5) is 10.5. The van der Waals surface area contributed by atoms with Gasteiger partial charge in [0.25, 0.3) is 0 Å². The highest BCUT2D eigenvalue weighted by Gasteiger charge is 2.12. The normalized spacial score (nSPS) is 12.8. The third-order valence-electron chi connectivity index (χ3n) is 2.24. The molecule has 1 atom stereocenters. The smallest absolute Gasteiger partial charge is 0.305 e. The monoisotopic (exact) mass is 181 g/mol. The molecule has 0 radical (unpaired) electrons. The number of aromatic nitrogens is 1. The van der Waals surface area contributed by atoms with Crippen LogP contribution in [0.5, 0.6) is 0 Å². The Hall–Kier alpha value is -1.25. The Morgan fingerprint density at radius 3 is 2.31 bits per heavy atom. The number of carboxylic acid groups (broad SMARTS) is 1. The van der Waals surface area contributed by atoms with Crippen molar-refractivity contribution in [3.8, 4) is 0 Å². The van der Waals surface area contributed by atoms with E-state index in [0.717, 1.165) is 11.4 Å². The van der Waals surface area contributed by atoms with Crippen LogP contribution in [0.4, 0.5) is 0 Å². The zero-order chi connectivity index (χ0) is 10.0. The summed E-state index contributed by atoms with van der Waals surface area (Å²) in [6.07, 6.45) is 0.177. The van der Waals surface area contributed by atoms with Crippen LogP contribution in [0.15, 0.2) is 12.1 Å². The molecule has 3 heteroatoms. The number of carbonyl (C=O) groups is 1. The highest BCUT2D eigenvalue weighted by atomic mass is 16.4. The average molecular weight is 181 g/mol. The second-order valence-corrected chi connectivity index (χ2v) is 3.43. The summed E-state index contributed by atoms with van der Waals surface area (Å²) >= 11 is 0. The molecule has 1 aromatic heterocycles. The van der Waals surface area contributed by atoms with Gasteiger partial charge in [0.2, 0.25) is 0 Å². The fraction of sp³-hybridized carbons (Fsp3) is 0.500. The Bertz CT molecular complexity index is 295. The first kappa shape index (κ1) is 9.84. The maximum absolute atomic E-state index is 10.5. The number of nitrogens with zero attached hydrogens (tertiary/aromatic N) is 1. The maximum atomic E-state index is 10.5. The molecule has 1 heterocycles. The molecule has 1 aromatic rings. The Kier molecular flexibility index (Phi) is 2.76. The second-order valence-electron chi connectivity index (χ2n) is 3.43. The van der Waals surface area contributed by atoms with Crippen LogP contribution in [0.3, 0.4) is 0 Å². The lowest BCUT2D eigenvalue weighted by molar-refractivity contribution is -0.137. The van der Waals surface area contributed by atoms with E-state index in [1.807, 2.05) is 37.5 Å². The van der Waals surface area contributed by atoms with Gasteiger partial charge in [-0.15, -0.1) is 0 Å². The number of carboxylic acids is 1. The summed E-state index contributed by atoms with van der Waals surface area (Å²) in [5, 5.41) is 8.65. The number of aliphatic carboxylic acids is 1. The predicted molar refractivity (Wildman–Crippen MR) is 50.9 cm³/mol. The van der Waals surface area contributed by atoms with Gasteiger partial charge in [-0.1, -0.05) is 0 Å². The highest BCUT2D eigenvalue weighted by molar-refractivity contribution is 5.67. The van der Waals surface area contributed by atoms with Crippen molar-refractivity contribution in [2.24, 2.45) is 0 Å². The molecular formula is C10H15NO2. The molecule has 0 bridgehead atoms. The molecule has 1 unspecified atom stereocenters. The van der Waals surface area contributed by atoms with Crippen molar-refractivity contribution in [3.63, 3.8) is 0 Å². The van der Waals surface area contributed by atoms with Crippen molar-refractivity contribution < 1.29 is 9.90 Å². The van der Waals surface area contributed by atoms with E-state index in [4.69, 9.17) is 5.11 Å². The Morgan fingerprint density at radius 2 is 1.92 bits per heavy atom. The van der Waals surface area contributed by atoms with Crippen LogP contribution in [0.2, 0.25) is 0 Å². The summed E-state index contributed by atoms with van der Waals surface area (Å²) < 4.78 is 2.05. The van der Waals surface area contributed by atoms with Crippen molar-refractivity contribution in [1.82, 2.24) is 4.57 Å². The quantitative estimate of drug-likeness (QED) is 0.776. The Morgan fingerprint density at radius 1 is 1.46 bits per heavy atom. The van der Waals surface area contributed by atoms with E-state index in [9.17, 15) is 4.79 Å². The summed E-state index contributed by atoms with van der Waals surface area (Å²) in [6.45, 7) is 5.91. The summed E-state index contributed by atoms with van der Waals surface area (Å²) in [5.41, 5.74) is 2.23. The molecular weight excluding hydrogens is 166 g/mol. The van der Waals surface area contributed by atoms with Gasteiger partial charge in [-0.25, -0.2) is 0 Å². The minimum Gasteiger partial charge on any atom is -0.481 e. The van der Waals surface area contributed by atoms with Gasteiger partial charge in [0.15, 0.2) is 0 Å². The zero-order valence-electron chi connectivity index (χ0n) is 8.24. The summed E-state index contributed by atoms with van der Waals surface area (Å²) in [6, 6.07) is 4.05. The van der Waals surface area contributed by atoms with Crippen molar-refractivity contribution in [3.05, 3.63) is 23.5 Å². The number of aryl methyl sites for hydroxylation is 2. The first-order valence-corrected chi connectivity index (χ1v) is 4.38. The molecule has 13 heavy (non-hydrogen) atoms. The first-order chi connectivity index (χ1) is 6.02. The molecule has 0 aliphatic carbocycles. The van der Waals surface area contributed by atoms with E-state index in [1.165, 1.54) is 0 Å². The molecule has 72 valence electrons. The fourth-order valence-corrected chi connectivity index (χ4v) is 1.72. The molecule has 0 saturated heterocycles. The summed E-state index contributed by atoms with van der Waals surface area (Å²) in [7, 11) is 0. The van der Waals surface area contributed by atoms with Gasteiger partial charge in [-0.2, -0.15) is 0 Å². The molecule has 0 fully saturated rings. The van der Waals surface area contributed by atoms with E-state index in [2.05, 4.69) is 0 Å². The molecule has 0 spiro atoms. The van der Waals surface area contributed by atoms with Gasteiger partial charge in [-0.05, 0) is 32.9 Å². The van der Waals surface area contributed by atoms with E-state index < -0.39 is 5.97 Å². The molecule has 0 amide bonds. The van der Waals surface area contributed by atoms with E-state index in [0.29, 0.717) is 0 Å². The van der Waals surface area contributed by atoms with Gasteiger partial charge in [-0.3, -0.25) is 4.79 Å². The van der Waals surface area contributed by atoms with Gasteiger partial charge in [0.05, 0.1) is 6.42 Å². The largest absolute Gasteiger partial charge is 0.481 e. The molecule has 0 aliphatic rings. The molecule has 1 N–H and O–H groups in total. The molecule has 1 rings (SSSR count). The topological polar surface area (TPSA) is 42.2 Å². The second kappa shape index (κ2) is 3.64. The third kappa shape index (κ3) is 2.11. The first-order valence-electron chi connectivity index (χ1n) is 4.38. The molecule has 0 aromatic carbocycles. The SMILES string of the molecule is Cc1ccc(C)n1C(C)CC(=O)O. The van der Waals surface area contributed by atoms with Crippen LogP contribution in [0.25, 0.3) is 0 Å². The van der Waals surface area contributed by atoms with Crippen LogP contribution in [0.1, 0.15) is 30.8 Å². The van der Waals surface area contributed by atoms with Crippen molar-refractivity contribution in [2.45, 2.75) is 33.2 Å². The van der Waals surface area contributed by atoms with Gasteiger partial charge in [0, 0.05) is 17.4 Å². The van der Waals surface area contributed by atoms with Crippen molar-refractivity contribution in [2.75, 3.05) is 0 Å². The minimum absolute atomic E-state index is 0.0347. The minimum atomic E-state index is -0.750. The predicted octanol–water partition coefficient (Wildman–Crippen LogP) is 2.14. The molecule has 3 nitrogen and oxygen atoms in total. The van der Waals surface area contributed by atoms with Gasteiger partial charge < -0.3 is 9.67 Å². The van der Waals surface area contributed by atoms with E-state index in [1.54, 1.807) is 0 Å². The van der Waals surface area contributed by atoms with Crippen LogP contribution in [0, 0.1) is 13.8 Å². The molecule has 0 saturated carbocycles. The van der Waals surface area contributed by atoms with Crippen LogP contribution >= 0.6 is 0 Å². The Labute approximate surface area is 78.0 Å². The lowest BCUT2D eigenvalue weighted by Gasteiger charge is -2.16. The highest BCUT2D eigenvalue weighted by Crippen LogP contribution is 2.17. The number of hydrogen-bond acceptors (Lipinski definition) is 1. The lowest BCUT2D eigenvalue weighted by Crippen LogP contribution is -2.12. The van der Waals surface area contributed by atoms with Gasteiger partial charge in [0.1, 0.15) is 0 Å². The van der Waals surface area contributed by atoms with Crippen LogP contribution < -0.4 is 0 Å². The summed E-state index contributed by atoms with van der Waals surface area (Å²) in [5.74, 6) is -0.750. The van der Waals surface area contributed by atoms with Crippen molar-refractivity contribution in [1.29, 1.82) is 0 Å². The number of rotatable bonds is 3. The zero-order valence-corrected chi connectivity index (χ0v) is 8.24. The fourth-order valence-electron chi connectivity index (χ4n) is 1.72. The van der Waals surface area contributed by atoms with E-state index in [-0.39, 0.29) is 12.5 Å².